The van der Waals surface area contributed by atoms with Crippen molar-refractivity contribution in [1.82, 2.24) is 20.4 Å². The summed E-state index contributed by atoms with van der Waals surface area (Å²) in [4.78, 5) is 27.9. The molecular formula is C14H28Cl2N4O2S. The molecule has 9 heteroatoms. The molecule has 2 heterocycles. The Morgan fingerprint density at radius 3 is 2.48 bits per heavy atom. The van der Waals surface area contributed by atoms with Crippen LogP contribution in [0.3, 0.4) is 0 Å². The van der Waals surface area contributed by atoms with Gasteiger partial charge in [0.2, 0.25) is 11.8 Å². The van der Waals surface area contributed by atoms with Gasteiger partial charge in [0.25, 0.3) is 0 Å². The summed E-state index contributed by atoms with van der Waals surface area (Å²) in [5.41, 5.74) is 0. The van der Waals surface area contributed by atoms with Crippen molar-refractivity contribution in [2.24, 2.45) is 0 Å². The molecule has 0 radical (unpaired) electrons. The number of carbonyl (C=O) groups is 2. The molecule has 0 spiro atoms. The van der Waals surface area contributed by atoms with Crippen LogP contribution in [0.2, 0.25) is 0 Å². The molecule has 6 nitrogen and oxygen atoms in total. The number of piperazine rings is 1. The third-order valence-electron chi connectivity index (χ3n) is 3.89. The van der Waals surface area contributed by atoms with Crippen molar-refractivity contribution in [1.29, 1.82) is 0 Å². The van der Waals surface area contributed by atoms with E-state index in [4.69, 9.17) is 0 Å². The maximum absolute atomic E-state index is 12.3. The van der Waals surface area contributed by atoms with Gasteiger partial charge in [0.15, 0.2) is 0 Å². The lowest BCUT2D eigenvalue weighted by atomic mass is 10.2. The van der Waals surface area contributed by atoms with Gasteiger partial charge in [-0.25, -0.2) is 0 Å². The summed E-state index contributed by atoms with van der Waals surface area (Å²) in [6.45, 7) is 7.08. The number of hydrogen-bond acceptors (Lipinski definition) is 5. The SMILES string of the molecule is CCNC(=O)CN1CCN(C(=O)CC2CSCCN2)CC1.Cl.Cl. The van der Waals surface area contributed by atoms with Gasteiger partial charge in [-0.2, -0.15) is 11.8 Å². The lowest BCUT2D eigenvalue weighted by molar-refractivity contribution is -0.133. The van der Waals surface area contributed by atoms with Crippen molar-refractivity contribution in [2.45, 2.75) is 19.4 Å². The number of amides is 2. The maximum Gasteiger partial charge on any atom is 0.234 e. The van der Waals surface area contributed by atoms with Gasteiger partial charge >= 0.3 is 0 Å². The molecule has 0 aromatic rings. The number of rotatable bonds is 5. The molecular weight excluding hydrogens is 359 g/mol. The number of nitrogens with one attached hydrogen (secondary N) is 2. The minimum Gasteiger partial charge on any atom is -0.355 e. The number of likely N-dealkylation sites (N-methyl/N-ethyl adjacent to an activating group) is 1. The molecule has 2 fully saturated rings. The van der Waals surface area contributed by atoms with Crippen LogP contribution in [-0.4, -0.2) is 85.0 Å². The van der Waals surface area contributed by atoms with Crippen molar-refractivity contribution < 1.29 is 9.59 Å². The summed E-state index contributed by atoms with van der Waals surface area (Å²) in [6, 6.07) is 0.324. The standard InChI is InChI=1S/C14H26N4O2S.2ClH/c1-2-15-13(19)10-17-4-6-18(7-5-17)14(20)9-12-11-21-8-3-16-12;;/h12,16H,2-11H2,1H3,(H,15,19);2*1H. The highest BCUT2D eigenvalue weighted by Gasteiger charge is 2.25. The summed E-state index contributed by atoms with van der Waals surface area (Å²) in [5, 5.41) is 6.22. The summed E-state index contributed by atoms with van der Waals surface area (Å²) < 4.78 is 0. The molecule has 1 unspecified atom stereocenters. The van der Waals surface area contributed by atoms with Crippen molar-refractivity contribution in [2.75, 3.05) is 57.3 Å². The Morgan fingerprint density at radius 1 is 1.22 bits per heavy atom. The van der Waals surface area contributed by atoms with Crippen LogP contribution in [0.15, 0.2) is 0 Å². The number of hydrogen-bond donors (Lipinski definition) is 2. The van der Waals surface area contributed by atoms with E-state index >= 15 is 0 Å². The first kappa shape index (κ1) is 22.8. The van der Waals surface area contributed by atoms with E-state index in [1.807, 2.05) is 23.6 Å². The predicted molar refractivity (Wildman–Crippen MR) is 99.9 cm³/mol. The van der Waals surface area contributed by atoms with Crippen molar-refractivity contribution in [3.05, 3.63) is 0 Å². The van der Waals surface area contributed by atoms with Crippen LogP contribution in [0.4, 0.5) is 0 Å². The van der Waals surface area contributed by atoms with Crippen molar-refractivity contribution in [3.8, 4) is 0 Å². The second-order valence-electron chi connectivity index (χ2n) is 5.54. The third kappa shape index (κ3) is 7.94. The topological polar surface area (TPSA) is 64.7 Å². The highest BCUT2D eigenvalue weighted by Crippen LogP contribution is 2.12. The Kier molecular flexibility index (Phi) is 12.1. The van der Waals surface area contributed by atoms with Crippen molar-refractivity contribution in [3.63, 3.8) is 0 Å². The van der Waals surface area contributed by atoms with E-state index in [1.54, 1.807) is 0 Å². The molecule has 2 amide bonds. The zero-order valence-electron chi connectivity index (χ0n) is 13.6. The van der Waals surface area contributed by atoms with Crippen LogP contribution in [-0.2, 0) is 9.59 Å². The lowest BCUT2D eigenvalue weighted by Crippen LogP contribution is -2.52. The van der Waals surface area contributed by atoms with E-state index in [1.165, 1.54) is 0 Å². The molecule has 23 heavy (non-hydrogen) atoms. The van der Waals surface area contributed by atoms with Crippen LogP contribution in [0.25, 0.3) is 0 Å². The first-order valence-corrected chi connectivity index (χ1v) is 8.92. The number of thioether (sulfide) groups is 1. The molecule has 1 atom stereocenters. The predicted octanol–water partition coefficient (Wildman–Crippen LogP) is 0.205. The van der Waals surface area contributed by atoms with E-state index in [0.29, 0.717) is 25.6 Å². The Bertz CT molecular complexity index is 363. The quantitative estimate of drug-likeness (QED) is 0.706. The molecule has 2 rings (SSSR count). The third-order valence-corrected chi connectivity index (χ3v) is 5.02. The summed E-state index contributed by atoms with van der Waals surface area (Å²) in [5.74, 6) is 2.49. The monoisotopic (exact) mass is 386 g/mol. The zero-order valence-corrected chi connectivity index (χ0v) is 16.0. The molecule has 0 aromatic carbocycles. The normalized spacial score (nSPS) is 21.8. The number of nitrogens with zero attached hydrogens (tertiary/aromatic N) is 2. The van der Waals surface area contributed by atoms with E-state index < -0.39 is 0 Å². The zero-order chi connectivity index (χ0) is 15.1. The van der Waals surface area contributed by atoms with Crippen molar-refractivity contribution >= 4 is 48.4 Å². The largest absolute Gasteiger partial charge is 0.355 e. The minimum absolute atomic E-state index is 0. The summed E-state index contributed by atoms with van der Waals surface area (Å²) in [6.07, 6.45) is 0.601. The maximum atomic E-state index is 12.3. The second kappa shape index (κ2) is 12.2. The molecule has 0 saturated carbocycles. The Morgan fingerprint density at radius 2 is 1.91 bits per heavy atom. The number of carbonyl (C=O) groups excluding carboxylic acids is 2. The molecule has 0 aromatic heterocycles. The Labute approximate surface area is 155 Å². The highest BCUT2D eigenvalue weighted by atomic mass is 35.5. The van der Waals surface area contributed by atoms with Gasteiger partial charge in [-0.1, -0.05) is 0 Å². The molecule has 0 aliphatic carbocycles. The fourth-order valence-corrected chi connectivity index (χ4v) is 3.65. The van der Waals surface area contributed by atoms with Gasteiger partial charge in [0.05, 0.1) is 6.54 Å². The van der Waals surface area contributed by atoms with Gasteiger partial charge in [0, 0.05) is 63.2 Å². The molecule has 2 N–H and O–H groups in total. The van der Waals surface area contributed by atoms with Gasteiger partial charge < -0.3 is 15.5 Å². The van der Waals surface area contributed by atoms with Crippen LogP contribution in [0, 0.1) is 0 Å². The Balaban J connectivity index is 0.00000242. The second-order valence-corrected chi connectivity index (χ2v) is 6.69. The highest BCUT2D eigenvalue weighted by molar-refractivity contribution is 7.99. The summed E-state index contributed by atoms with van der Waals surface area (Å²) in [7, 11) is 0. The van der Waals surface area contributed by atoms with Gasteiger partial charge in [-0.3, -0.25) is 14.5 Å². The van der Waals surface area contributed by atoms with E-state index in [9.17, 15) is 9.59 Å². The van der Waals surface area contributed by atoms with Gasteiger partial charge in [-0.15, -0.1) is 24.8 Å². The smallest absolute Gasteiger partial charge is 0.234 e. The molecule has 0 bridgehead atoms. The summed E-state index contributed by atoms with van der Waals surface area (Å²) >= 11 is 1.92. The van der Waals surface area contributed by atoms with E-state index in [2.05, 4.69) is 15.5 Å². The van der Waals surface area contributed by atoms with E-state index in [0.717, 1.165) is 44.2 Å². The van der Waals surface area contributed by atoms with Gasteiger partial charge in [-0.05, 0) is 6.92 Å². The first-order chi connectivity index (χ1) is 10.2. The Hall–Kier alpha value is -0.210. The van der Waals surface area contributed by atoms with Gasteiger partial charge in [0.1, 0.15) is 0 Å². The fourth-order valence-electron chi connectivity index (χ4n) is 2.70. The first-order valence-electron chi connectivity index (χ1n) is 7.77. The molecule has 2 aliphatic rings. The average molecular weight is 387 g/mol. The fraction of sp³-hybridized carbons (Fsp3) is 0.857. The molecule has 2 aliphatic heterocycles. The van der Waals surface area contributed by atoms with E-state index in [-0.39, 0.29) is 36.6 Å². The van der Waals surface area contributed by atoms with Crippen LogP contribution in [0.5, 0.6) is 0 Å². The van der Waals surface area contributed by atoms with Crippen LogP contribution >= 0.6 is 36.6 Å². The molecule has 2 saturated heterocycles. The number of halogens is 2. The molecule has 136 valence electrons. The average Bonchev–Trinajstić information content (AvgIpc) is 2.49. The minimum atomic E-state index is 0. The van der Waals surface area contributed by atoms with Crippen LogP contribution in [0.1, 0.15) is 13.3 Å². The lowest BCUT2D eigenvalue weighted by Gasteiger charge is -2.35. The van der Waals surface area contributed by atoms with Crippen LogP contribution < -0.4 is 10.6 Å².